The van der Waals surface area contributed by atoms with Crippen molar-refractivity contribution in [2.24, 2.45) is 0 Å². The van der Waals surface area contributed by atoms with Crippen molar-refractivity contribution in [2.75, 3.05) is 13.2 Å². The molecule has 1 aromatic carbocycles. The van der Waals surface area contributed by atoms with Crippen LogP contribution in [-0.2, 0) is 0 Å². The van der Waals surface area contributed by atoms with Gasteiger partial charge in [-0.1, -0.05) is 0 Å². The van der Waals surface area contributed by atoms with Gasteiger partial charge in [0, 0.05) is 17.7 Å². The maximum absolute atomic E-state index is 11.6. The van der Waals surface area contributed by atoms with Crippen LogP contribution >= 0.6 is 0 Å². The Hall–Kier alpha value is -1.99. The molecular weight excluding hydrogens is 228 g/mol. The number of nitro benzene ring substituents is 1. The van der Waals surface area contributed by atoms with Crippen molar-refractivity contribution in [2.45, 2.75) is 6.04 Å². The quantitative estimate of drug-likeness (QED) is 0.482. The number of aliphatic hydroxyl groups excluding tert-OH is 2. The number of nitro groups is 1. The van der Waals surface area contributed by atoms with E-state index in [9.17, 15) is 14.9 Å². The van der Waals surface area contributed by atoms with Crippen LogP contribution in [0.15, 0.2) is 24.3 Å². The molecule has 92 valence electrons. The third kappa shape index (κ3) is 3.51. The zero-order valence-electron chi connectivity index (χ0n) is 8.87. The molecule has 1 aromatic rings. The van der Waals surface area contributed by atoms with Gasteiger partial charge in [0.05, 0.1) is 24.2 Å². The van der Waals surface area contributed by atoms with Gasteiger partial charge in [0.25, 0.3) is 11.6 Å². The molecule has 0 bridgehead atoms. The topological polar surface area (TPSA) is 113 Å². The molecule has 0 unspecified atom stereocenters. The smallest absolute Gasteiger partial charge is 0.269 e. The van der Waals surface area contributed by atoms with Gasteiger partial charge in [-0.15, -0.1) is 0 Å². The maximum Gasteiger partial charge on any atom is 0.269 e. The molecule has 0 saturated heterocycles. The molecule has 0 aliphatic heterocycles. The molecule has 0 aliphatic rings. The first-order valence-electron chi connectivity index (χ1n) is 4.85. The third-order valence-electron chi connectivity index (χ3n) is 2.12. The van der Waals surface area contributed by atoms with Crippen LogP contribution < -0.4 is 5.32 Å². The van der Waals surface area contributed by atoms with Gasteiger partial charge in [-0.2, -0.15) is 0 Å². The largest absolute Gasteiger partial charge is 0.394 e. The Labute approximate surface area is 96.8 Å². The average molecular weight is 240 g/mol. The minimum absolute atomic E-state index is 0.109. The molecule has 0 radical (unpaired) electrons. The van der Waals surface area contributed by atoms with Crippen molar-refractivity contribution in [1.82, 2.24) is 5.32 Å². The number of nitrogens with one attached hydrogen (secondary N) is 1. The van der Waals surface area contributed by atoms with Gasteiger partial charge in [-0.3, -0.25) is 14.9 Å². The fourth-order valence-corrected chi connectivity index (χ4v) is 1.15. The van der Waals surface area contributed by atoms with E-state index in [4.69, 9.17) is 10.2 Å². The minimum Gasteiger partial charge on any atom is -0.394 e. The Balaban J connectivity index is 2.73. The van der Waals surface area contributed by atoms with Gasteiger partial charge >= 0.3 is 0 Å². The Morgan fingerprint density at radius 3 is 2.24 bits per heavy atom. The van der Waals surface area contributed by atoms with Crippen molar-refractivity contribution < 1.29 is 19.9 Å². The summed E-state index contributed by atoms with van der Waals surface area (Å²) >= 11 is 0. The average Bonchev–Trinajstić information content (AvgIpc) is 2.35. The van der Waals surface area contributed by atoms with Crippen LogP contribution in [0.5, 0.6) is 0 Å². The lowest BCUT2D eigenvalue weighted by Gasteiger charge is -2.12. The number of aliphatic hydroxyl groups is 2. The number of carbonyl (C=O) groups excluding carboxylic acids is 1. The fraction of sp³-hybridized carbons (Fsp3) is 0.300. The standard InChI is InChI=1S/C10H12N2O5/c13-5-8(6-14)11-10(15)7-1-3-9(4-2-7)12(16)17/h1-4,8,13-14H,5-6H2,(H,11,15). The van der Waals surface area contributed by atoms with E-state index in [0.29, 0.717) is 0 Å². The summed E-state index contributed by atoms with van der Waals surface area (Å²) in [6.45, 7) is -0.759. The molecule has 0 heterocycles. The molecule has 0 spiro atoms. The summed E-state index contributed by atoms with van der Waals surface area (Å²) in [5.74, 6) is -0.506. The van der Waals surface area contributed by atoms with Gasteiger partial charge in [0.2, 0.25) is 0 Å². The van der Waals surface area contributed by atoms with E-state index in [1.807, 2.05) is 0 Å². The summed E-state index contributed by atoms with van der Waals surface area (Å²) in [4.78, 5) is 21.4. The first-order chi connectivity index (χ1) is 8.08. The second-order valence-electron chi connectivity index (χ2n) is 3.34. The van der Waals surface area contributed by atoms with Gasteiger partial charge < -0.3 is 15.5 Å². The molecule has 0 aromatic heterocycles. The molecule has 3 N–H and O–H groups in total. The van der Waals surface area contributed by atoms with Gasteiger partial charge in [-0.05, 0) is 12.1 Å². The zero-order valence-corrected chi connectivity index (χ0v) is 8.87. The van der Waals surface area contributed by atoms with Crippen LogP contribution in [0.4, 0.5) is 5.69 Å². The second-order valence-corrected chi connectivity index (χ2v) is 3.34. The highest BCUT2D eigenvalue weighted by molar-refractivity contribution is 5.94. The minimum atomic E-state index is -0.738. The lowest BCUT2D eigenvalue weighted by atomic mass is 10.2. The number of rotatable bonds is 5. The summed E-state index contributed by atoms with van der Waals surface area (Å²) in [5, 5.41) is 30.3. The highest BCUT2D eigenvalue weighted by atomic mass is 16.6. The van der Waals surface area contributed by atoms with Gasteiger partial charge in [0.1, 0.15) is 0 Å². The molecule has 1 rings (SSSR count). The number of hydrogen-bond acceptors (Lipinski definition) is 5. The molecule has 0 saturated carbocycles. The van der Waals surface area contributed by atoms with E-state index in [2.05, 4.69) is 5.32 Å². The normalized spacial score (nSPS) is 10.3. The molecule has 0 atom stereocenters. The molecular formula is C10H12N2O5. The summed E-state index contributed by atoms with van der Waals surface area (Å²) in [5.41, 5.74) is 0.116. The fourth-order valence-electron chi connectivity index (χ4n) is 1.15. The van der Waals surface area contributed by atoms with E-state index in [-0.39, 0.29) is 24.5 Å². The van der Waals surface area contributed by atoms with Crippen LogP contribution in [0.2, 0.25) is 0 Å². The molecule has 0 fully saturated rings. The number of carbonyl (C=O) groups is 1. The SMILES string of the molecule is O=C(NC(CO)CO)c1ccc([N+](=O)[O-])cc1. The summed E-state index contributed by atoms with van der Waals surface area (Å²) in [7, 11) is 0. The van der Waals surface area contributed by atoms with Crippen LogP contribution in [0.25, 0.3) is 0 Å². The zero-order chi connectivity index (χ0) is 12.8. The van der Waals surface area contributed by atoms with E-state index in [1.165, 1.54) is 24.3 Å². The summed E-state index contributed by atoms with van der Waals surface area (Å²) in [6.07, 6.45) is 0. The number of nitrogens with zero attached hydrogens (tertiary/aromatic N) is 1. The highest BCUT2D eigenvalue weighted by Crippen LogP contribution is 2.11. The first kappa shape index (κ1) is 13.1. The third-order valence-corrected chi connectivity index (χ3v) is 2.12. The van der Waals surface area contributed by atoms with Crippen LogP contribution in [-0.4, -0.2) is 40.3 Å². The number of non-ortho nitro benzene ring substituents is 1. The number of hydrogen-bond donors (Lipinski definition) is 3. The Morgan fingerprint density at radius 2 is 1.82 bits per heavy atom. The Morgan fingerprint density at radius 1 is 1.29 bits per heavy atom. The first-order valence-corrected chi connectivity index (χ1v) is 4.85. The van der Waals surface area contributed by atoms with Crippen molar-refractivity contribution in [3.63, 3.8) is 0 Å². The monoisotopic (exact) mass is 240 g/mol. The molecule has 7 heteroatoms. The van der Waals surface area contributed by atoms with Crippen molar-refractivity contribution in [3.8, 4) is 0 Å². The van der Waals surface area contributed by atoms with E-state index < -0.39 is 16.9 Å². The van der Waals surface area contributed by atoms with E-state index in [1.54, 1.807) is 0 Å². The second kappa shape index (κ2) is 5.92. The van der Waals surface area contributed by atoms with Crippen LogP contribution in [0.1, 0.15) is 10.4 Å². The number of benzene rings is 1. The van der Waals surface area contributed by atoms with Gasteiger partial charge in [-0.25, -0.2) is 0 Å². The van der Waals surface area contributed by atoms with E-state index in [0.717, 1.165) is 0 Å². The molecule has 7 nitrogen and oxygen atoms in total. The Bertz CT molecular complexity index is 400. The maximum atomic E-state index is 11.6. The van der Waals surface area contributed by atoms with E-state index >= 15 is 0 Å². The predicted octanol–water partition coefficient (Wildman–Crippen LogP) is -0.322. The van der Waals surface area contributed by atoms with Crippen LogP contribution in [0.3, 0.4) is 0 Å². The number of amides is 1. The van der Waals surface area contributed by atoms with Crippen molar-refractivity contribution in [3.05, 3.63) is 39.9 Å². The lowest BCUT2D eigenvalue weighted by molar-refractivity contribution is -0.384. The van der Waals surface area contributed by atoms with Gasteiger partial charge in [0.15, 0.2) is 0 Å². The molecule has 1 amide bonds. The summed E-state index contributed by atoms with van der Waals surface area (Å²) < 4.78 is 0. The van der Waals surface area contributed by atoms with Crippen LogP contribution in [0, 0.1) is 10.1 Å². The highest BCUT2D eigenvalue weighted by Gasteiger charge is 2.13. The molecule has 0 aliphatic carbocycles. The lowest BCUT2D eigenvalue weighted by Crippen LogP contribution is -2.40. The Kier molecular flexibility index (Phi) is 4.56. The van der Waals surface area contributed by atoms with Crippen molar-refractivity contribution >= 4 is 11.6 Å². The summed E-state index contributed by atoms with van der Waals surface area (Å²) in [6, 6.07) is 4.29. The predicted molar refractivity (Wildman–Crippen MR) is 58.5 cm³/mol. The molecule has 17 heavy (non-hydrogen) atoms. The van der Waals surface area contributed by atoms with Crippen molar-refractivity contribution in [1.29, 1.82) is 0 Å².